The molecule has 0 aliphatic carbocycles. The van der Waals surface area contributed by atoms with Gasteiger partial charge in [0.25, 0.3) is 0 Å². The molecule has 0 saturated carbocycles. The highest BCUT2D eigenvalue weighted by Crippen LogP contribution is 2.33. The summed E-state index contributed by atoms with van der Waals surface area (Å²) in [6.07, 6.45) is 0.630. The van der Waals surface area contributed by atoms with E-state index < -0.39 is 0 Å². The molecule has 0 aliphatic heterocycles. The van der Waals surface area contributed by atoms with Crippen molar-refractivity contribution in [2.45, 2.75) is 32.4 Å². The summed E-state index contributed by atoms with van der Waals surface area (Å²) in [6, 6.07) is 9.37. The smallest absolute Gasteiger partial charge is 0.148 e. The van der Waals surface area contributed by atoms with Crippen LogP contribution in [0, 0.1) is 6.92 Å². The minimum atomic E-state index is -0.196. The Balaban J connectivity index is 2.25. The van der Waals surface area contributed by atoms with Crippen molar-refractivity contribution in [2.24, 2.45) is 5.73 Å². The highest BCUT2D eigenvalue weighted by Gasteiger charge is 2.22. The first-order valence-electron chi connectivity index (χ1n) is 6.45. The minimum absolute atomic E-state index is 0.0827. The van der Waals surface area contributed by atoms with Crippen LogP contribution in [0.15, 0.2) is 30.3 Å². The fraction of sp³-hybridized carbons (Fsp3) is 0.333. The van der Waals surface area contributed by atoms with Gasteiger partial charge in [0.1, 0.15) is 11.9 Å². The summed E-state index contributed by atoms with van der Waals surface area (Å²) in [4.78, 5) is 1.04. The summed E-state index contributed by atoms with van der Waals surface area (Å²) in [7, 11) is 0. The summed E-state index contributed by atoms with van der Waals surface area (Å²) in [6.45, 7) is 4.00. The first kappa shape index (κ1) is 15.6. The van der Waals surface area contributed by atoms with Gasteiger partial charge in [0.2, 0.25) is 0 Å². The topological polar surface area (TPSA) is 35.2 Å². The van der Waals surface area contributed by atoms with Crippen molar-refractivity contribution >= 4 is 34.5 Å². The molecule has 0 spiro atoms. The van der Waals surface area contributed by atoms with E-state index in [0.717, 1.165) is 32.0 Å². The Kier molecular flexibility index (Phi) is 5.33. The van der Waals surface area contributed by atoms with Crippen LogP contribution < -0.4 is 10.5 Å². The molecule has 1 heterocycles. The Labute approximate surface area is 133 Å². The van der Waals surface area contributed by atoms with Crippen molar-refractivity contribution in [3.63, 3.8) is 0 Å². The standard InChI is InChI=1S/C15H17Cl2NOS/c1-3-12(18)15(13-6-7-14(17)20-13)19-10-4-5-11(16)9(2)8-10/h4-8,12,15H,3,18H2,1-2H3. The van der Waals surface area contributed by atoms with Gasteiger partial charge >= 0.3 is 0 Å². The second-order valence-electron chi connectivity index (χ2n) is 4.66. The first-order chi connectivity index (χ1) is 9.51. The van der Waals surface area contributed by atoms with Gasteiger partial charge in [-0.15, -0.1) is 11.3 Å². The summed E-state index contributed by atoms with van der Waals surface area (Å²) < 4.78 is 6.81. The molecule has 1 aromatic carbocycles. The molecule has 1 aromatic heterocycles. The van der Waals surface area contributed by atoms with Gasteiger partial charge in [0.15, 0.2) is 0 Å². The van der Waals surface area contributed by atoms with Crippen molar-refractivity contribution in [3.8, 4) is 5.75 Å². The normalized spacial score (nSPS) is 14.1. The molecule has 108 valence electrons. The van der Waals surface area contributed by atoms with Crippen LogP contribution in [0.5, 0.6) is 5.75 Å². The Hall–Kier alpha value is -0.740. The number of halogens is 2. The molecule has 0 radical (unpaired) electrons. The predicted molar refractivity (Wildman–Crippen MR) is 87.2 cm³/mol. The van der Waals surface area contributed by atoms with Crippen molar-refractivity contribution in [1.82, 2.24) is 0 Å². The van der Waals surface area contributed by atoms with Gasteiger partial charge in [-0.25, -0.2) is 0 Å². The predicted octanol–water partition coefficient (Wildman–Crippen LogP) is 5.22. The van der Waals surface area contributed by atoms with Gasteiger partial charge in [-0.3, -0.25) is 0 Å². The van der Waals surface area contributed by atoms with Gasteiger partial charge in [-0.2, -0.15) is 0 Å². The second-order valence-corrected chi connectivity index (χ2v) is 6.82. The van der Waals surface area contributed by atoms with E-state index in [0.29, 0.717) is 0 Å². The number of rotatable bonds is 5. The maximum Gasteiger partial charge on any atom is 0.148 e. The number of aryl methyl sites for hydroxylation is 1. The second kappa shape index (κ2) is 6.81. The van der Waals surface area contributed by atoms with E-state index in [2.05, 4.69) is 0 Å². The minimum Gasteiger partial charge on any atom is -0.483 e. The third-order valence-electron chi connectivity index (χ3n) is 3.13. The number of hydrogen-bond acceptors (Lipinski definition) is 3. The van der Waals surface area contributed by atoms with Crippen molar-refractivity contribution < 1.29 is 4.74 Å². The molecule has 2 rings (SSSR count). The fourth-order valence-electron chi connectivity index (χ4n) is 1.89. The highest BCUT2D eigenvalue weighted by atomic mass is 35.5. The molecule has 0 saturated heterocycles. The first-order valence-corrected chi connectivity index (χ1v) is 8.02. The lowest BCUT2D eigenvalue weighted by molar-refractivity contribution is 0.174. The lowest BCUT2D eigenvalue weighted by Crippen LogP contribution is -2.30. The average Bonchev–Trinajstić information content (AvgIpc) is 2.85. The zero-order valence-corrected chi connectivity index (χ0v) is 13.7. The van der Waals surface area contributed by atoms with E-state index in [4.69, 9.17) is 33.7 Å². The molecule has 20 heavy (non-hydrogen) atoms. The van der Waals surface area contributed by atoms with E-state index >= 15 is 0 Å². The maximum atomic E-state index is 6.19. The average molecular weight is 330 g/mol. The molecule has 2 nitrogen and oxygen atoms in total. The Morgan fingerprint density at radius 1 is 1.25 bits per heavy atom. The molecule has 0 amide bonds. The van der Waals surface area contributed by atoms with E-state index in [9.17, 15) is 0 Å². The van der Waals surface area contributed by atoms with Crippen molar-refractivity contribution in [2.75, 3.05) is 0 Å². The largest absolute Gasteiger partial charge is 0.483 e. The Bertz CT molecular complexity index is 585. The van der Waals surface area contributed by atoms with Gasteiger partial charge < -0.3 is 10.5 Å². The number of benzene rings is 1. The molecule has 2 aromatic rings. The van der Waals surface area contributed by atoms with Crippen LogP contribution in [0.2, 0.25) is 9.36 Å². The number of nitrogens with two attached hydrogens (primary N) is 1. The van der Waals surface area contributed by atoms with Gasteiger partial charge in [0.05, 0.1) is 4.34 Å². The van der Waals surface area contributed by atoms with E-state index in [1.165, 1.54) is 11.3 Å². The monoisotopic (exact) mass is 329 g/mol. The lowest BCUT2D eigenvalue weighted by atomic mass is 10.1. The Morgan fingerprint density at radius 2 is 2.00 bits per heavy atom. The molecular formula is C15H17Cl2NOS. The zero-order chi connectivity index (χ0) is 14.7. The highest BCUT2D eigenvalue weighted by molar-refractivity contribution is 7.16. The number of hydrogen-bond donors (Lipinski definition) is 1. The molecule has 2 unspecified atom stereocenters. The third-order valence-corrected chi connectivity index (χ3v) is 4.84. The zero-order valence-electron chi connectivity index (χ0n) is 11.4. The fourth-order valence-corrected chi connectivity index (χ4v) is 3.17. The number of ether oxygens (including phenoxy) is 1. The van der Waals surface area contributed by atoms with E-state index in [-0.39, 0.29) is 12.1 Å². The van der Waals surface area contributed by atoms with Crippen LogP contribution in [0.3, 0.4) is 0 Å². The molecular weight excluding hydrogens is 313 g/mol. The van der Waals surface area contributed by atoms with Crippen LogP contribution in [-0.4, -0.2) is 6.04 Å². The molecule has 5 heteroatoms. The molecule has 0 bridgehead atoms. The summed E-state index contributed by atoms with van der Waals surface area (Å²) in [5.74, 6) is 0.769. The van der Waals surface area contributed by atoms with Crippen molar-refractivity contribution in [3.05, 3.63) is 50.1 Å². The number of thiophene rings is 1. The van der Waals surface area contributed by atoms with Crippen molar-refractivity contribution in [1.29, 1.82) is 0 Å². The molecule has 0 aliphatic rings. The Morgan fingerprint density at radius 3 is 2.55 bits per heavy atom. The summed E-state index contributed by atoms with van der Waals surface area (Å²) in [5.41, 5.74) is 7.17. The van der Waals surface area contributed by atoms with Crippen LogP contribution in [0.1, 0.15) is 29.9 Å². The maximum absolute atomic E-state index is 6.19. The van der Waals surface area contributed by atoms with E-state index in [1.54, 1.807) is 0 Å². The summed E-state index contributed by atoms with van der Waals surface area (Å²) >= 11 is 13.5. The quantitative estimate of drug-likeness (QED) is 0.815. The molecule has 2 atom stereocenters. The van der Waals surface area contributed by atoms with Crippen LogP contribution in [0.4, 0.5) is 0 Å². The summed E-state index contributed by atoms with van der Waals surface area (Å²) in [5, 5.41) is 0.729. The van der Waals surface area contributed by atoms with Gasteiger partial charge in [-0.1, -0.05) is 30.1 Å². The molecule has 0 fully saturated rings. The van der Waals surface area contributed by atoms with Gasteiger partial charge in [0, 0.05) is 15.9 Å². The van der Waals surface area contributed by atoms with Crippen LogP contribution in [-0.2, 0) is 0 Å². The van der Waals surface area contributed by atoms with Gasteiger partial charge in [-0.05, 0) is 49.2 Å². The third kappa shape index (κ3) is 3.67. The van der Waals surface area contributed by atoms with Crippen LogP contribution in [0.25, 0.3) is 0 Å². The lowest BCUT2D eigenvalue weighted by Gasteiger charge is -2.23. The SMILES string of the molecule is CCC(N)C(Oc1ccc(Cl)c(C)c1)c1ccc(Cl)s1. The molecule has 2 N–H and O–H groups in total. The van der Waals surface area contributed by atoms with E-state index in [1.807, 2.05) is 44.2 Å². The van der Waals surface area contributed by atoms with Crippen LogP contribution >= 0.6 is 34.5 Å².